The van der Waals surface area contributed by atoms with Crippen molar-refractivity contribution < 1.29 is 58.9 Å². The van der Waals surface area contributed by atoms with Gasteiger partial charge >= 0.3 is 18.3 Å². The van der Waals surface area contributed by atoms with E-state index in [9.17, 15) is 34.8 Å². The quantitative estimate of drug-likeness (QED) is 0.105. The number of nitrogens with one attached hydrogen (secondary N) is 2. The Morgan fingerprint density at radius 1 is 1.15 bits per heavy atom. The van der Waals surface area contributed by atoms with Gasteiger partial charge in [0.25, 0.3) is 0 Å². The van der Waals surface area contributed by atoms with Crippen molar-refractivity contribution in [2.24, 2.45) is 0 Å². The zero-order valence-corrected chi connectivity index (χ0v) is 17.8. The van der Waals surface area contributed by atoms with Crippen LogP contribution in [0.5, 0.6) is 5.75 Å². The maximum Gasteiger partial charge on any atom is 0.408 e. The van der Waals surface area contributed by atoms with Gasteiger partial charge in [0.05, 0.1) is 16.9 Å². The molecular weight excluding hydrogens is 458 g/mol. The topological polar surface area (TPSA) is 230 Å². The summed E-state index contributed by atoms with van der Waals surface area (Å²) in [5.74, 6) is -1.70. The van der Waals surface area contributed by atoms with Crippen molar-refractivity contribution in [2.45, 2.75) is 56.2 Å². The first-order chi connectivity index (χ1) is 16.2. The summed E-state index contributed by atoms with van der Waals surface area (Å²) >= 11 is 0. The molecule has 1 aliphatic rings. The van der Waals surface area contributed by atoms with Crippen LogP contribution in [0.4, 0.5) is 4.79 Å². The van der Waals surface area contributed by atoms with E-state index >= 15 is 0 Å². The number of nitrogens with zero attached hydrogens (tertiary/aromatic N) is 1. The molecule has 0 aliphatic carbocycles. The number of hydrogen-bond donors (Lipinski definition) is 7. The Kier molecular flexibility index (Phi) is 10.1. The number of amides is 1. The first-order valence-electron chi connectivity index (χ1n) is 10.1. The highest BCUT2D eigenvalue weighted by Gasteiger charge is 2.44. The lowest BCUT2D eigenvalue weighted by Crippen LogP contribution is -2.60. The average Bonchev–Trinajstić information content (AvgIpc) is 2.81. The maximum absolute atomic E-state index is 11.9. The minimum absolute atomic E-state index is 0.209. The highest BCUT2D eigenvalue weighted by molar-refractivity contribution is 6.25. The van der Waals surface area contributed by atoms with Crippen molar-refractivity contribution in [1.82, 2.24) is 5.32 Å². The van der Waals surface area contributed by atoms with E-state index in [4.69, 9.17) is 24.8 Å². The van der Waals surface area contributed by atoms with Gasteiger partial charge in [0.2, 0.25) is 12.1 Å². The summed E-state index contributed by atoms with van der Waals surface area (Å²) in [6.07, 6.45) is -7.85. The second kappa shape index (κ2) is 12.7. The number of rotatable bonds is 11. The van der Waals surface area contributed by atoms with Gasteiger partial charge < -0.3 is 45.1 Å². The number of ketones is 1. The molecule has 14 heteroatoms. The standard InChI is InChI=1S/C20H25N3O11/c21-22-7-11(25)3-6-13(18(29)30)23-20(31)32-9-10-1-4-12(5-2-10)33-19-17(28)16(27)15(26)14(8-24)34-19/h1-2,4-5,7,13-17,19,21,24,26-28H,3,6,8-9H2,(H-,23,29,30,31)/p+1/t13?,14-,15-,16+,17-,19-/m1/s1. The molecule has 14 nitrogen and oxygen atoms in total. The largest absolute Gasteiger partial charge is 0.480 e. The number of aliphatic hydroxyl groups excluding tert-OH is 4. The first-order valence-corrected chi connectivity index (χ1v) is 10.1. The number of carbonyl (C=O) groups excluding carboxylic acids is 2. The molecule has 7 N–H and O–H groups in total. The van der Waals surface area contributed by atoms with Gasteiger partial charge in [-0.3, -0.25) is 4.79 Å². The number of aliphatic carboxylic acids is 1. The zero-order valence-electron chi connectivity index (χ0n) is 17.8. The van der Waals surface area contributed by atoms with Crippen molar-refractivity contribution in [2.75, 3.05) is 6.61 Å². The maximum atomic E-state index is 11.9. The van der Waals surface area contributed by atoms with E-state index in [0.717, 1.165) is 6.21 Å². The van der Waals surface area contributed by atoms with Gasteiger partial charge in [0.15, 0.2) is 0 Å². The van der Waals surface area contributed by atoms with Crippen molar-refractivity contribution >= 4 is 24.1 Å². The third-order valence-electron chi connectivity index (χ3n) is 4.87. The fourth-order valence-electron chi connectivity index (χ4n) is 2.98. The van der Waals surface area contributed by atoms with E-state index in [1.165, 1.54) is 24.3 Å². The smallest absolute Gasteiger partial charge is 0.408 e. The van der Waals surface area contributed by atoms with Crippen LogP contribution in [-0.2, 0) is 25.7 Å². The Balaban J connectivity index is 1.86. The molecule has 1 heterocycles. The number of aliphatic hydroxyl groups is 4. The van der Waals surface area contributed by atoms with Crippen LogP contribution in [0.2, 0.25) is 0 Å². The number of Topliss-reactive ketones (excluding diaryl/α,β-unsaturated/α-hetero) is 1. The van der Waals surface area contributed by atoms with Gasteiger partial charge in [0.1, 0.15) is 42.8 Å². The zero-order chi connectivity index (χ0) is 25.3. The van der Waals surface area contributed by atoms with Crippen LogP contribution in [0, 0.1) is 5.53 Å². The number of ether oxygens (including phenoxy) is 3. The average molecular weight is 484 g/mol. The molecule has 0 radical (unpaired) electrons. The normalized spacial score (nSPS) is 24.9. The lowest BCUT2D eigenvalue weighted by Gasteiger charge is -2.39. The number of hydrogen-bond acceptors (Lipinski definition) is 11. The van der Waals surface area contributed by atoms with E-state index in [2.05, 4.69) is 10.1 Å². The molecule has 1 amide bonds. The van der Waals surface area contributed by atoms with E-state index in [-0.39, 0.29) is 25.2 Å². The lowest BCUT2D eigenvalue weighted by atomic mass is 9.99. The van der Waals surface area contributed by atoms with E-state index in [1.54, 1.807) is 0 Å². The molecule has 0 aromatic heterocycles. The Morgan fingerprint density at radius 3 is 2.41 bits per heavy atom. The van der Waals surface area contributed by atoms with Crippen molar-refractivity contribution in [3.05, 3.63) is 29.8 Å². The highest BCUT2D eigenvalue weighted by Crippen LogP contribution is 2.24. The Labute approximate surface area is 192 Å². The molecule has 1 aromatic rings. The summed E-state index contributed by atoms with van der Waals surface area (Å²) in [6, 6.07) is 4.57. The molecule has 1 unspecified atom stereocenters. The second-order valence-electron chi connectivity index (χ2n) is 7.33. The third kappa shape index (κ3) is 7.59. The predicted molar refractivity (Wildman–Crippen MR) is 109 cm³/mol. The van der Waals surface area contributed by atoms with E-state index in [0.29, 0.717) is 5.56 Å². The van der Waals surface area contributed by atoms with Crippen molar-refractivity contribution in [1.29, 1.82) is 5.53 Å². The molecule has 1 saturated heterocycles. The third-order valence-corrected chi connectivity index (χ3v) is 4.87. The summed E-state index contributed by atoms with van der Waals surface area (Å²) in [6.45, 7) is -0.815. The lowest BCUT2D eigenvalue weighted by molar-refractivity contribution is -0.277. The summed E-state index contributed by atoms with van der Waals surface area (Å²) in [5.41, 5.74) is 7.06. The second-order valence-corrected chi connectivity index (χ2v) is 7.33. The van der Waals surface area contributed by atoms with Crippen molar-refractivity contribution in [3.63, 3.8) is 0 Å². The molecule has 1 fully saturated rings. The van der Waals surface area contributed by atoms with Crippen LogP contribution >= 0.6 is 0 Å². The summed E-state index contributed by atoms with van der Waals surface area (Å²) in [4.78, 5) is 37.3. The Morgan fingerprint density at radius 2 is 1.82 bits per heavy atom. The van der Waals surface area contributed by atoms with Crippen LogP contribution in [0.15, 0.2) is 24.3 Å². The van der Waals surface area contributed by atoms with Crippen LogP contribution in [-0.4, -0.2) is 97.7 Å². The molecule has 186 valence electrons. The van der Waals surface area contributed by atoms with Crippen LogP contribution in [0.25, 0.3) is 0 Å². The number of benzene rings is 1. The minimum atomic E-state index is -1.58. The van der Waals surface area contributed by atoms with Gasteiger partial charge in [-0.2, -0.15) is 0 Å². The Bertz CT molecular complexity index is 902. The fraction of sp³-hybridized carbons (Fsp3) is 0.500. The fourth-order valence-corrected chi connectivity index (χ4v) is 2.98. The molecule has 1 aliphatic heterocycles. The summed E-state index contributed by atoms with van der Waals surface area (Å²) in [7, 11) is 0. The summed E-state index contributed by atoms with van der Waals surface area (Å²) < 4.78 is 15.7. The molecule has 34 heavy (non-hydrogen) atoms. The molecule has 0 saturated carbocycles. The minimum Gasteiger partial charge on any atom is -0.480 e. The van der Waals surface area contributed by atoms with Gasteiger partial charge in [0, 0.05) is 6.42 Å². The number of alkyl carbamates (subject to hydrolysis) is 1. The van der Waals surface area contributed by atoms with Gasteiger partial charge in [-0.05, 0) is 24.1 Å². The number of carboxylic acids is 1. The molecular formula is C20H26N3O11+. The van der Waals surface area contributed by atoms with Gasteiger partial charge in [-0.15, -0.1) is 0 Å². The van der Waals surface area contributed by atoms with Crippen LogP contribution < -0.4 is 10.1 Å². The molecule has 6 atom stereocenters. The predicted octanol–water partition coefficient (Wildman–Crippen LogP) is -1.80. The summed E-state index contributed by atoms with van der Waals surface area (Å²) in [5, 5.41) is 50.1. The highest BCUT2D eigenvalue weighted by atomic mass is 16.7. The monoisotopic (exact) mass is 484 g/mol. The number of carbonyl (C=O) groups is 3. The van der Waals surface area contributed by atoms with Gasteiger partial charge in [-0.25, -0.2) is 9.59 Å². The molecule has 0 spiro atoms. The molecule has 0 bridgehead atoms. The SMILES string of the molecule is N=[N+]=CC(=O)CCC(NC(=O)OCc1ccc(O[C@@H]2O[C@H](CO)[C@@H](O)[C@H](O)[C@H]2O)cc1)C(=O)O. The van der Waals surface area contributed by atoms with E-state index in [1.807, 2.05) is 0 Å². The number of carboxylic acid groups (broad SMARTS) is 1. The van der Waals surface area contributed by atoms with Crippen LogP contribution in [0.3, 0.4) is 0 Å². The van der Waals surface area contributed by atoms with Crippen LogP contribution in [0.1, 0.15) is 18.4 Å². The van der Waals surface area contributed by atoms with Crippen molar-refractivity contribution in [3.8, 4) is 5.75 Å². The molecule has 1 aromatic carbocycles. The van der Waals surface area contributed by atoms with E-state index < -0.39 is 61.2 Å². The Hall–Kier alpha value is -3.39. The first kappa shape index (κ1) is 26.9. The van der Waals surface area contributed by atoms with Gasteiger partial charge in [-0.1, -0.05) is 12.1 Å². The molecule has 2 rings (SSSR count).